The topological polar surface area (TPSA) is 64.6 Å². The van der Waals surface area contributed by atoms with Crippen LogP contribution in [0.5, 0.6) is 5.75 Å². The molecule has 1 aromatic carbocycles. The van der Waals surface area contributed by atoms with Gasteiger partial charge in [-0.1, -0.05) is 11.6 Å². The molecular formula is C12H13ClFNO4. The highest BCUT2D eigenvalue weighted by Crippen LogP contribution is 2.21. The summed E-state index contributed by atoms with van der Waals surface area (Å²) < 4.78 is 23.1. The predicted octanol–water partition coefficient (Wildman–Crippen LogP) is 1.54. The SMILES string of the molecule is COC(=O)C(COc1ccc(Cl)cc1F)NC(C)=O. The summed E-state index contributed by atoms with van der Waals surface area (Å²) in [5.74, 6) is -1.82. The zero-order valence-corrected chi connectivity index (χ0v) is 11.2. The molecule has 1 amide bonds. The van der Waals surface area contributed by atoms with Gasteiger partial charge in [0.05, 0.1) is 7.11 Å². The first-order chi connectivity index (χ1) is 8.93. The molecule has 0 radical (unpaired) electrons. The van der Waals surface area contributed by atoms with Gasteiger partial charge in [-0.25, -0.2) is 9.18 Å². The molecule has 5 nitrogen and oxygen atoms in total. The lowest BCUT2D eigenvalue weighted by molar-refractivity contribution is -0.145. The first-order valence-corrected chi connectivity index (χ1v) is 5.74. The van der Waals surface area contributed by atoms with Crippen LogP contribution in [0.4, 0.5) is 4.39 Å². The van der Waals surface area contributed by atoms with Crippen molar-refractivity contribution in [3.8, 4) is 5.75 Å². The van der Waals surface area contributed by atoms with Gasteiger partial charge in [0.15, 0.2) is 17.6 Å². The van der Waals surface area contributed by atoms with E-state index in [1.165, 1.54) is 26.2 Å². The summed E-state index contributed by atoms with van der Waals surface area (Å²) in [6, 6.07) is 2.87. The van der Waals surface area contributed by atoms with E-state index in [4.69, 9.17) is 16.3 Å². The van der Waals surface area contributed by atoms with E-state index in [1.54, 1.807) is 0 Å². The monoisotopic (exact) mass is 289 g/mol. The second-order valence-corrected chi connectivity index (χ2v) is 4.10. The minimum absolute atomic E-state index is 0.0661. The molecule has 0 saturated heterocycles. The quantitative estimate of drug-likeness (QED) is 0.835. The third-order valence-electron chi connectivity index (χ3n) is 2.16. The summed E-state index contributed by atoms with van der Waals surface area (Å²) >= 11 is 5.59. The minimum atomic E-state index is -1.00. The highest BCUT2D eigenvalue weighted by molar-refractivity contribution is 6.30. The smallest absolute Gasteiger partial charge is 0.331 e. The standard InChI is InChI=1S/C12H13ClFNO4/c1-7(16)15-10(12(17)18-2)6-19-11-4-3-8(13)5-9(11)14/h3-5,10H,6H2,1-2H3,(H,15,16). The lowest BCUT2D eigenvalue weighted by atomic mass is 10.3. The summed E-state index contributed by atoms with van der Waals surface area (Å²) in [4.78, 5) is 22.3. The van der Waals surface area contributed by atoms with Gasteiger partial charge in [0, 0.05) is 11.9 Å². The van der Waals surface area contributed by atoms with E-state index in [2.05, 4.69) is 10.1 Å². The number of carbonyl (C=O) groups is 2. The zero-order valence-electron chi connectivity index (χ0n) is 10.4. The van der Waals surface area contributed by atoms with Crippen LogP contribution in [0.25, 0.3) is 0 Å². The fourth-order valence-electron chi connectivity index (χ4n) is 1.32. The van der Waals surface area contributed by atoms with E-state index in [0.717, 1.165) is 6.07 Å². The maximum Gasteiger partial charge on any atom is 0.331 e. The molecule has 0 fully saturated rings. The van der Waals surface area contributed by atoms with Crippen LogP contribution in [0.15, 0.2) is 18.2 Å². The summed E-state index contributed by atoms with van der Waals surface area (Å²) in [5.41, 5.74) is 0. The molecule has 7 heteroatoms. The number of halogens is 2. The van der Waals surface area contributed by atoms with Crippen LogP contribution in [-0.2, 0) is 14.3 Å². The maximum atomic E-state index is 13.4. The number of nitrogens with one attached hydrogen (secondary N) is 1. The summed E-state index contributed by atoms with van der Waals surface area (Å²) in [6.07, 6.45) is 0. The van der Waals surface area contributed by atoms with Gasteiger partial charge in [-0.05, 0) is 18.2 Å². The second kappa shape index (κ2) is 6.94. The van der Waals surface area contributed by atoms with Gasteiger partial charge in [-0.15, -0.1) is 0 Å². The fraction of sp³-hybridized carbons (Fsp3) is 0.333. The van der Waals surface area contributed by atoms with Crippen molar-refractivity contribution in [3.63, 3.8) is 0 Å². The maximum absolute atomic E-state index is 13.4. The number of rotatable bonds is 5. The Morgan fingerprint density at radius 2 is 2.16 bits per heavy atom. The number of benzene rings is 1. The number of methoxy groups -OCH3 is 1. The molecule has 1 unspecified atom stereocenters. The van der Waals surface area contributed by atoms with Crippen molar-refractivity contribution >= 4 is 23.5 Å². The van der Waals surface area contributed by atoms with Crippen LogP contribution in [-0.4, -0.2) is 31.6 Å². The first-order valence-electron chi connectivity index (χ1n) is 5.37. The molecule has 0 aliphatic carbocycles. The molecule has 0 aliphatic heterocycles. The molecule has 19 heavy (non-hydrogen) atoms. The molecule has 1 aromatic rings. The first kappa shape index (κ1) is 15.2. The van der Waals surface area contributed by atoms with Crippen molar-refractivity contribution < 1.29 is 23.5 Å². The Bertz CT molecular complexity index is 481. The van der Waals surface area contributed by atoms with Crippen molar-refractivity contribution in [1.82, 2.24) is 5.32 Å². The Hall–Kier alpha value is -1.82. The van der Waals surface area contributed by atoms with Gasteiger partial charge in [-0.2, -0.15) is 0 Å². The second-order valence-electron chi connectivity index (χ2n) is 3.66. The molecule has 0 spiro atoms. The molecule has 1 atom stereocenters. The van der Waals surface area contributed by atoms with Crippen molar-refractivity contribution in [1.29, 1.82) is 0 Å². The normalized spacial score (nSPS) is 11.6. The Morgan fingerprint density at radius 3 is 2.68 bits per heavy atom. The summed E-state index contributed by atoms with van der Waals surface area (Å²) in [5, 5.41) is 2.58. The van der Waals surface area contributed by atoms with Crippen LogP contribution >= 0.6 is 11.6 Å². The highest BCUT2D eigenvalue weighted by Gasteiger charge is 2.21. The van der Waals surface area contributed by atoms with Crippen LogP contribution in [0.2, 0.25) is 5.02 Å². The number of esters is 1. The molecule has 0 heterocycles. The van der Waals surface area contributed by atoms with E-state index >= 15 is 0 Å². The Kier molecular flexibility index (Phi) is 5.57. The van der Waals surface area contributed by atoms with Crippen molar-refractivity contribution in [2.45, 2.75) is 13.0 Å². The molecule has 0 aromatic heterocycles. The number of hydrogen-bond donors (Lipinski definition) is 1. The third kappa shape index (κ3) is 4.75. The van der Waals surface area contributed by atoms with E-state index in [0.29, 0.717) is 0 Å². The van der Waals surface area contributed by atoms with Crippen molar-refractivity contribution in [2.24, 2.45) is 0 Å². The Labute approximate surface area is 114 Å². The van der Waals surface area contributed by atoms with Crippen LogP contribution in [0, 0.1) is 5.82 Å². The van der Waals surface area contributed by atoms with E-state index in [9.17, 15) is 14.0 Å². The molecular weight excluding hydrogens is 277 g/mol. The van der Waals surface area contributed by atoms with Crippen LogP contribution in [0.3, 0.4) is 0 Å². The molecule has 0 saturated carbocycles. The van der Waals surface area contributed by atoms with Gasteiger partial charge >= 0.3 is 5.97 Å². The predicted molar refractivity (Wildman–Crippen MR) is 66.5 cm³/mol. The van der Waals surface area contributed by atoms with Gasteiger partial charge in [-0.3, -0.25) is 4.79 Å². The van der Waals surface area contributed by atoms with Gasteiger partial charge in [0.2, 0.25) is 5.91 Å². The lowest BCUT2D eigenvalue weighted by Crippen LogP contribution is -2.44. The fourth-order valence-corrected chi connectivity index (χ4v) is 1.48. The summed E-state index contributed by atoms with van der Waals surface area (Å²) in [6.45, 7) is 1.00. The summed E-state index contributed by atoms with van der Waals surface area (Å²) in [7, 11) is 1.18. The van der Waals surface area contributed by atoms with Crippen LogP contribution < -0.4 is 10.1 Å². The minimum Gasteiger partial charge on any atom is -0.488 e. The third-order valence-corrected chi connectivity index (χ3v) is 2.40. The van der Waals surface area contributed by atoms with Gasteiger partial charge < -0.3 is 14.8 Å². The van der Waals surface area contributed by atoms with Gasteiger partial charge in [0.25, 0.3) is 0 Å². The molecule has 0 aliphatic rings. The van der Waals surface area contributed by atoms with E-state index in [1.807, 2.05) is 0 Å². The van der Waals surface area contributed by atoms with Crippen molar-refractivity contribution in [3.05, 3.63) is 29.0 Å². The highest BCUT2D eigenvalue weighted by atomic mass is 35.5. The Morgan fingerprint density at radius 1 is 1.47 bits per heavy atom. The molecule has 0 bridgehead atoms. The van der Waals surface area contributed by atoms with E-state index < -0.39 is 23.7 Å². The lowest BCUT2D eigenvalue weighted by Gasteiger charge is -2.16. The molecule has 1 rings (SSSR count). The Balaban J connectivity index is 2.70. The molecule has 1 N–H and O–H groups in total. The zero-order chi connectivity index (χ0) is 14.4. The number of amides is 1. The number of hydrogen-bond acceptors (Lipinski definition) is 4. The van der Waals surface area contributed by atoms with E-state index in [-0.39, 0.29) is 17.4 Å². The largest absolute Gasteiger partial charge is 0.488 e. The average molecular weight is 290 g/mol. The average Bonchev–Trinajstić information content (AvgIpc) is 2.34. The van der Waals surface area contributed by atoms with Crippen molar-refractivity contribution in [2.75, 3.05) is 13.7 Å². The van der Waals surface area contributed by atoms with Gasteiger partial charge in [0.1, 0.15) is 6.61 Å². The number of ether oxygens (including phenoxy) is 2. The molecule has 104 valence electrons. The number of carbonyl (C=O) groups excluding carboxylic acids is 2. The van der Waals surface area contributed by atoms with Crippen LogP contribution in [0.1, 0.15) is 6.92 Å².